The van der Waals surface area contributed by atoms with Gasteiger partial charge in [0.1, 0.15) is 0 Å². The van der Waals surface area contributed by atoms with E-state index >= 15 is 0 Å². The van der Waals surface area contributed by atoms with Crippen molar-refractivity contribution in [2.24, 2.45) is 0 Å². The lowest BCUT2D eigenvalue weighted by atomic mass is 10.1. The molecule has 18 heavy (non-hydrogen) atoms. The molecule has 0 aromatic heterocycles. The van der Waals surface area contributed by atoms with Crippen molar-refractivity contribution in [1.82, 2.24) is 10.6 Å². The van der Waals surface area contributed by atoms with Crippen LogP contribution in [-0.2, 0) is 11.2 Å². The Hall–Kier alpha value is -1.84. The first-order valence-corrected chi connectivity index (χ1v) is 6.34. The second kappa shape index (κ2) is 8.28. The number of carbonyl (C=O) groups excluding carboxylic acids is 2. The molecule has 4 nitrogen and oxygen atoms in total. The van der Waals surface area contributed by atoms with E-state index < -0.39 is 6.03 Å². The van der Waals surface area contributed by atoms with E-state index in [9.17, 15) is 9.59 Å². The van der Waals surface area contributed by atoms with Gasteiger partial charge in [0.2, 0.25) is 5.91 Å². The summed E-state index contributed by atoms with van der Waals surface area (Å²) in [7, 11) is 0. The Morgan fingerprint density at radius 3 is 2.56 bits per heavy atom. The van der Waals surface area contributed by atoms with E-state index in [4.69, 9.17) is 0 Å². The predicted octanol–water partition coefficient (Wildman–Crippen LogP) is 2.25. The van der Waals surface area contributed by atoms with Crippen LogP contribution in [0.4, 0.5) is 4.79 Å². The average molecular weight is 248 g/mol. The maximum Gasteiger partial charge on any atom is 0.321 e. The van der Waals surface area contributed by atoms with Gasteiger partial charge in [0, 0.05) is 13.0 Å². The largest absolute Gasteiger partial charge is 0.337 e. The second-order valence-electron chi connectivity index (χ2n) is 4.14. The monoisotopic (exact) mass is 248 g/mol. The zero-order chi connectivity index (χ0) is 13.2. The third-order valence-corrected chi connectivity index (χ3v) is 2.55. The van der Waals surface area contributed by atoms with Gasteiger partial charge in [0.05, 0.1) is 0 Å². The minimum atomic E-state index is -0.410. The smallest absolute Gasteiger partial charge is 0.321 e. The fourth-order valence-corrected chi connectivity index (χ4v) is 1.54. The normalized spacial score (nSPS) is 9.83. The molecular formula is C14H20N2O2. The van der Waals surface area contributed by atoms with E-state index in [1.807, 2.05) is 37.3 Å². The van der Waals surface area contributed by atoms with Gasteiger partial charge in [0.15, 0.2) is 0 Å². The van der Waals surface area contributed by atoms with Crippen LogP contribution in [-0.4, -0.2) is 18.5 Å². The first-order valence-electron chi connectivity index (χ1n) is 6.34. The highest BCUT2D eigenvalue weighted by atomic mass is 16.2. The minimum Gasteiger partial charge on any atom is -0.337 e. The lowest BCUT2D eigenvalue weighted by molar-refractivity contribution is -0.120. The summed E-state index contributed by atoms with van der Waals surface area (Å²) in [5.74, 6) is -0.214. The maximum absolute atomic E-state index is 11.4. The van der Waals surface area contributed by atoms with E-state index in [0.29, 0.717) is 13.0 Å². The molecule has 0 saturated carbocycles. The van der Waals surface area contributed by atoms with Crippen molar-refractivity contribution < 1.29 is 9.59 Å². The molecule has 3 amide bonds. The van der Waals surface area contributed by atoms with Crippen molar-refractivity contribution in [3.63, 3.8) is 0 Å². The number of hydrogen-bond acceptors (Lipinski definition) is 2. The number of rotatable bonds is 6. The van der Waals surface area contributed by atoms with Gasteiger partial charge in [-0.1, -0.05) is 43.7 Å². The molecule has 4 heteroatoms. The quantitative estimate of drug-likeness (QED) is 0.811. The topological polar surface area (TPSA) is 58.2 Å². The summed E-state index contributed by atoms with van der Waals surface area (Å²) in [6.07, 6.45) is 2.92. The van der Waals surface area contributed by atoms with Gasteiger partial charge in [-0.3, -0.25) is 10.1 Å². The molecule has 1 aromatic carbocycles. The van der Waals surface area contributed by atoms with E-state index in [1.54, 1.807) is 0 Å². The Labute approximate surface area is 108 Å². The molecule has 2 N–H and O–H groups in total. The third-order valence-electron chi connectivity index (χ3n) is 2.55. The number of urea groups is 1. The lowest BCUT2D eigenvalue weighted by Gasteiger charge is -2.06. The van der Waals surface area contributed by atoms with E-state index in [0.717, 1.165) is 24.8 Å². The zero-order valence-corrected chi connectivity index (χ0v) is 10.7. The van der Waals surface area contributed by atoms with E-state index in [-0.39, 0.29) is 5.91 Å². The van der Waals surface area contributed by atoms with Crippen molar-refractivity contribution in [1.29, 1.82) is 0 Å². The zero-order valence-electron chi connectivity index (χ0n) is 10.7. The van der Waals surface area contributed by atoms with Crippen LogP contribution >= 0.6 is 0 Å². The van der Waals surface area contributed by atoms with Crippen LogP contribution < -0.4 is 10.6 Å². The van der Waals surface area contributed by atoms with Crippen LogP contribution in [0.2, 0.25) is 0 Å². The van der Waals surface area contributed by atoms with Crippen LogP contribution in [0.5, 0.6) is 0 Å². The Morgan fingerprint density at radius 1 is 1.17 bits per heavy atom. The predicted molar refractivity (Wildman–Crippen MR) is 71.2 cm³/mol. The molecule has 0 atom stereocenters. The summed E-state index contributed by atoms with van der Waals surface area (Å²) >= 11 is 0. The molecule has 0 saturated heterocycles. The van der Waals surface area contributed by atoms with Crippen molar-refractivity contribution in [2.45, 2.75) is 32.6 Å². The molecule has 0 aliphatic heterocycles. The first-order chi connectivity index (χ1) is 8.72. The van der Waals surface area contributed by atoms with E-state index in [1.165, 1.54) is 0 Å². The molecule has 0 heterocycles. The summed E-state index contributed by atoms with van der Waals surface area (Å²) in [6, 6.07) is 9.48. The molecule has 0 radical (unpaired) electrons. The van der Waals surface area contributed by atoms with Gasteiger partial charge in [-0.25, -0.2) is 4.79 Å². The second-order valence-corrected chi connectivity index (χ2v) is 4.14. The van der Waals surface area contributed by atoms with E-state index in [2.05, 4.69) is 10.6 Å². The summed E-state index contributed by atoms with van der Waals surface area (Å²) < 4.78 is 0. The number of benzene rings is 1. The van der Waals surface area contributed by atoms with Gasteiger partial charge < -0.3 is 5.32 Å². The number of nitrogens with one attached hydrogen (secondary N) is 2. The Kier molecular flexibility index (Phi) is 6.54. The summed E-state index contributed by atoms with van der Waals surface area (Å²) in [4.78, 5) is 22.6. The number of amides is 3. The Bertz CT molecular complexity index is 377. The summed E-state index contributed by atoms with van der Waals surface area (Å²) in [5, 5.41) is 4.98. The van der Waals surface area contributed by atoms with Crippen LogP contribution in [0.1, 0.15) is 31.7 Å². The Balaban J connectivity index is 2.15. The summed E-state index contributed by atoms with van der Waals surface area (Å²) in [5.41, 5.74) is 1.16. The third kappa shape index (κ3) is 6.03. The Morgan fingerprint density at radius 2 is 1.89 bits per heavy atom. The van der Waals surface area contributed by atoms with Crippen LogP contribution in [0.25, 0.3) is 0 Å². The number of hydrogen-bond donors (Lipinski definition) is 2. The molecule has 0 aliphatic carbocycles. The fraction of sp³-hybridized carbons (Fsp3) is 0.429. The molecule has 0 aliphatic rings. The lowest BCUT2D eigenvalue weighted by Crippen LogP contribution is -2.40. The van der Waals surface area contributed by atoms with Gasteiger partial charge >= 0.3 is 6.03 Å². The maximum atomic E-state index is 11.4. The van der Waals surface area contributed by atoms with Crippen LogP contribution in [0, 0.1) is 0 Å². The molecule has 1 aromatic rings. The molecule has 0 unspecified atom stereocenters. The van der Waals surface area contributed by atoms with Crippen molar-refractivity contribution >= 4 is 11.9 Å². The standard InChI is InChI=1S/C14H20N2O2/c1-2-3-9-13(17)16-14(18)15-11-10-12-7-5-4-6-8-12/h4-8H,2-3,9-11H2,1H3,(H2,15,16,17,18). The number of carbonyl (C=O) groups is 2. The van der Waals surface area contributed by atoms with Gasteiger partial charge in [-0.2, -0.15) is 0 Å². The van der Waals surface area contributed by atoms with Crippen molar-refractivity contribution in [3.05, 3.63) is 35.9 Å². The van der Waals surface area contributed by atoms with Crippen LogP contribution in [0.15, 0.2) is 30.3 Å². The molecule has 0 spiro atoms. The highest BCUT2D eigenvalue weighted by Crippen LogP contribution is 1.98. The van der Waals surface area contributed by atoms with Crippen molar-refractivity contribution in [2.75, 3.05) is 6.54 Å². The highest BCUT2D eigenvalue weighted by Gasteiger charge is 2.05. The fourth-order valence-electron chi connectivity index (χ4n) is 1.54. The number of unbranched alkanes of at least 4 members (excludes halogenated alkanes) is 1. The number of imide groups is 1. The first kappa shape index (κ1) is 14.2. The minimum absolute atomic E-state index is 0.214. The van der Waals surface area contributed by atoms with Gasteiger partial charge in [0.25, 0.3) is 0 Å². The average Bonchev–Trinajstić information content (AvgIpc) is 2.37. The SMILES string of the molecule is CCCCC(=O)NC(=O)NCCc1ccccc1. The van der Waals surface area contributed by atoms with Gasteiger partial charge in [-0.15, -0.1) is 0 Å². The molecule has 1 rings (SSSR count). The molecule has 98 valence electrons. The molecule has 0 bridgehead atoms. The highest BCUT2D eigenvalue weighted by molar-refractivity contribution is 5.94. The van der Waals surface area contributed by atoms with Crippen LogP contribution in [0.3, 0.4) is 0 Å². The van der Waals surface area contributed by atoms with Gasteiger partial charge in [-0.05, 0) is 18.4 Å². The van der Waals surface area contributed by atoms with Crippen molar-refractivity contribution in [3.8, 4) is 0 Å². The molecule has 0 fully saturated rings. The summed E-state index contributed by atoms with van der Waals surface area (Å²) in [6.45, 7) is 2.53. The molecular weight excluding hydrogens is 228 g/mol.